The molecule has 0 aromatic carbocycles. The summed E-state index contributed by atoms with van der Waals surface area (Å²) in [6, 6.07) is 6.53. The number of ether oxygens (including phenoxy) is 1. The van der Waals surface area contributed by atoms with Crippen LogP contribution in [0.3, 0.4) is 0 Å². The largest absolute Gasteiger partial charge is 0.379 e. The number of rotatable bonds is 9. The molecule has 0 bridgehead atoms. The van der Waals surface area contributed by atoms with E-state index < -0.39 is 0 Å². The van der Waals surface area contributed by atoms with Crippen molar-refractivity contribution in [1.29, 1.82) is 0 Å². The van der Waals surface area contributed by atoms with E-state index in [1.54, 1.807) is 0 Å². The third-order valence-corrected chi connectivity index (χ3v) is 5.20. The van der Waals surface area contributed by atoms with Gasteiger partial charge in [-0.1, -0.05) is 19.9 Å². The fourth-order valence-corrected chi connectivity index (χ4v) is 3.78. The fraction of sp³-hybridized carbons (Fsp3) is 0.636. The van der Waals surface area contributed by atoms with Crippen LogP contribution in [0.4, 0.5) is 0 Å². The summed E-state index contributed by atoms with van der Waals surface area (Å²) in [5, 5.41) is 6.85. The Balaban J connectivity index is 0.00000320. The molecule has 0 aliphatic carbocycles. The van der Waals surface area contributed by atoms with Gasteiger partial charge in [0.1, 0.15) is 5.65 Å². The van der Waals surface area contributed by atoms with Gasteiger partial charge in [-0.25, -0.2) is 4.98 Å². The van der Waals surface area contributed by atoms with Crippen LogP contribution in [0, 0.1) is 5.92 Å². The quantitative estimate of drug-likeness (QED) is 0.298. The van der Waals surface area contributed by atoms with Crippen LogP contribution in [-0.2, 0) is 11.2 Å². The number of halogens is 1. The van der Waals surface area contributed by atoms with Gasteiger partial charge in [0, 0.05) is 51.0 Å². The van der Waals surface area contributed by atoms with Crippen molar-refractivity contribution in [1.82, 2.24) is 24.9 Å². The molecule has 1 unspecified atom stereocenters. The highest BCUT2D eigenvalue weighted by atomic mass is 127. The topological polar surface area (TPSA) is 66.2 Å². The van der Waals surface area contributed by atoms with Crippen LogP contribution in [0.15, 0.2) is 35.6 Å². The molecule has 168 valence electrons. The van der Waals surface area contributed by atoms with Gasteiger partial charge in [0.05, 0.1) is 25.5 Å². The third kappa shape index (κ3) is 7.70. The van der Waals surface area contributed by atoms with Crippen molar-refractivity contribution < 1.29 is 4.74 Å². The maximum atomic E-state index is 5.53. The number of nitrogens with zero attached hydrogens (tertiary/aromatic N) is 4. The molecular weight excluding hydrogens is 491 g/mol. The van der Waals surface area contributed by atoms with Gasteiger partial charge in [-0.05, 0) is 31.4 Å². The number of fused-ring (bicyclic) bond motifs is 1. The Morgan fingerprint density at radius 3 is 2.73 bits per heavy atom. The minimum absolute atomic E-state index is 0. The van der Waals surface area contributed by atoms with Crippen molar-refractivity contribution in [2.75, 3.05) is 45.9 Å². The summed E-state index contributed by atoms with van der Waals surface area (Å²) in [5.41, 5.74) is 2.08. The van der Waals surface area contributed by atoms with E-state index in [-0.39, 0.29) is 24.0 Å². The molecule has 1 fully saturated rings. The number of hydrogen-bond acceptors (Lipinski definition) is 4. The first-order valence-corrected chi connectivity index (χ1v) is 10.9. The van der Waals surface area contributed by atoms with Gasteiger partial charge in [0.2, 0.25) is 0 Å². The molecule has 2 aromatic rings. The highest BCUT2D eigenvalue weighted by molar-refractivity contribution is 14.0. The number of nitrogens with one attached hydrogen (secondary N) is 2. The number of morpholine rings is 1. The van der Waals surface area contributed by atoms with Gasteiger partial charge in [0.25, 0.3) is 0 Å². The Kier molecular flexibility index (Phi) is 10.9. The number of imidazole rings is 1. The van der Waals surface area contributed by atoms with Gasteiger partial charge >= 0.3 is 0 Å². The number of hydrogen-bond donors (Lipinski definition) is 2. The van der Waals surface area contributed by atoms with Crippen molar-refractivity contribution in [2.45, 2.75) is 39.7 Å². The van der Waals surface area contributed by atoms with Gasteiger partial charge in [-0.2, -0.15) is 0 Å². The van der Waals surface area contributed by atoms with E-state index in [1.165, 1.54) is 0 Å². The van der Waals surface area contributed by atoms with Crippen molar-refractivity contribution in [2.24, 2.45) is 10.9 Å². The molecule has 1 atom stereocenters. The lowest BCUT2D eigenvalue weighted by atomic mass is 10.0. The summed E-state index contributed by atoms with van der Waals surface area (Å²) < 4.78 is 7.59. The lowest BCUT2D eigenvalue weighted by Crippen LogP contribution is -2.46. The molecule has 30 heavy (non-hydrogen) atoms. The minimum Gasteiger partial charge on any atom is -0.379 e. The molecule has 1 aliphatic rings. The molecule has 0 radical (unpaired) electrons. The standard InChI is InChI=1S/C22H36N6O.HI/c1-4-23-22(24-9-8-19-17-28-10-6-5-7-21(28)26-19)25-16-20(15-18(2)3)27-11-13-29-14-12-27;/h5-7,10,17-18,20H,4,8-9,11-16H2,1-3H3,(H2,23,24,25);1H. The van der Waals surface area contributed by atoms with Crippen LogP contribution in [0.1, 0.15) is 32.9 Å². The van der Waals surface area contributed by atoms with Crippen LogP contribution in [0.2, 0.25) is 0 Å². The second-order valence-corrected chi connectivity index (χ2v) is 8.03. The maximum absolute atomic E-state index is 5.53. The molecule has 2 N–H and O–H groups in total. The first-order chi connectivity index (χ1) is 14.2. The third-order valence-electron chi connectivity index (χ3n) is 5.20. The zero-order valence-electron chi connectivity index (χ0n) is 18.5. The first kappa shape index (κ1) is 24.9. The maximum Gasteiger partial charge on any atom is 0.191 e. The summed E-state index contributed by atoms with van der Waals surface area (Å²) in [6.45, 7) is 12.8. The Bertz CT molecular complexity index is 739. The second kappa shape index (κ2) is 13.1. The number of guanidine groups is 1. The Morgan fingerprint density at radius 2 is 2.03 bits per heavy atom. The van der Waals surface area contributed by atoms with E-state index in [1.807, 2.05) is 24.4 Å². The lowest BCUT2D eigenvalue weighted by Gasteiger charge is -2.34. The summed E-state index contributed by atoms with van der Waals surface area (Å²) in [5.74, 6) is 1.54. The van der Waals surface area contributed by atoms with E-state index in [2.05, 4.69) is 51.9 Å². The second-order valence-electron chi connectivity index (χ2n) is 8.03. The Labute approximate surface area is 197 Å². The highest BCUT2D eigenvalue weighted by Gasteiger charge is 2.21. The van der Waals surface area contributed by atoms with Crippen LogP contribution in [0.5, 0.6) is 0 Å². The van der Waals surface area contributed by atoms with Gasteiger partial charge in [-0.15, -0.1) is 24.0 Å². The monoisotopic (exact) mass is 528 g/mol. The zero-order chi connectivity index (χ0) is 20.5. The van der Waals surface area contributed by atoms with Crippen LogP contribution < -0.4 is 10.6 Å². The molecule has 0 spiro atoms. The van der Waals surface area contributed by atoms with Crippen molar-refractivity contribution in [3.8, 4) is 0 Å². The summed E-state index contributed by atoms with van der Waals surface area (Å²) in [6.07, 6.45) is 6.15. The highest BCUT2D eigenvalue weighted by Crippen LogP contribution is 2.14. The summed E-state index contributed by atoms with van der Waals surface area (Å²) in [7, 11) is 0. The Morgan fingerprint density at radius 1 is 1.23 bits per heavy atom. The van der Waals surface area contributed by atoms with Crippen molar-refractivity contribution in [3.63, 3.8) is 0 Å². The molecule has 7 nitrogen and oxygen atoms in total. The average molecular weight is 528 g/mol. The zero-order valence-corrected chi connectivity index (χ0v) is 20.8. The SMILES string of the molecule is CCNC(=NCC(CC(C)C)N1CCOCC1)NCCc1cn2ccccc2n1.I. The molecule has 2 aromatic heterocycles. The lowest BCUT2D eigenvalue weighted by molar-refractivity contribution is 0.0143. The van der Waals surface area contributed by atoms with Crippen molar-refractivity contribution in [3.05, 3.63) is 36.3 Å². The molecule has 8 heteroatoms. The average Bonchev–Trinajstić information content (AvgIpc) is 3.14. The normalized spacial score (nSPS) is 16.5. The van der Waals surface area contributed by atoms with E-state index >= 15 is 0 Å². The molecule has 0 saturated carbocycles. The van der Waals surface area contributed by atoms with Crippen LogP contribution in [-0.4, -0.2) is 72.2 Å². The summed E-state index contributed by atoms with van der Waals surface area (Å²) in [4.78, 5) is 12.1. The number of aromatic nitrogens is 2. The van der Waals surface area contributed by atoms with Crippen LogP contribution in [0.25, 0.3) is 5.65 Å². The predicted molar refractivity (Wildman–Crippen MR) is 134 cm³/mol. The van der Waals surface area contributed by atoms with Crippen molar-refractivity contribution >= 4 is 35.6 Å². The minimum atomic E-state index is 0. The van der Waals surface area contributed by atoms with Gasteiger partial charge < -0.3 is 19.8 Å². The van der Waals surface area contributed by atoms with Gasteiger partial charge in [-0.3, -0.25) is 9.89 Å². The summed E-state index contributed by atoms with van der Waals surface area (Å²) >= 11 is 0. The molecule has 0 amide bonds. The van der Waals surface area contributed by atoms with Crippen LogP contribution >= 0.6 is 24.0 Å². The first-order valence-electron chi connectivity index (χ1n) is 10.9. The molecule has 3 heterocycles. The molecule has 1 aliphatic heterocycles. The predicted octanol–water partition coefficient (Wildman–Crippen LogP) is 2.80. The molecule has 1 saturated heterocycles. The van der Waals surface area contributed by atoms with Gasteiger partial charge in [0.15, 0.2) is 5.96 Å². The van der Waals surface area contributed by atoms with E-state index in [4.69, 9.17) is 9.73 Å². The number of aliphatic imine (C=N–C) groups is 1. The number of pyridine rings is 1. The molecular formula is C22H37IN6O. The van der Waals surface area contributed by atoms with E-state index in [0.29, 0.717) is 12.0 Å². The fourth-order valence-electron chi connectivity index (χ4n) is 3.78. The smallest absolute Gasteiger partial charge is 0.191 e. The Hall–Kier alpha value is -1.39. The van der Waals surface area contributed by atoms with E-state index in [9.17, 15) is 0 Å². The molecule has 3 rings (SSSR count). The van der Waals surface area contributed by atoms with E-state index in [0.717, 1.165) is 76.1 Å².